The van der Waals surface area contributed by atoms with E-state index in [-0.39, 0.29) is 17.9 Å². The number of hydrogen-bond donors (Lipinski definition) is 1. The van der Waals surface area contributed by atoms with Gasteiger partial charge in [0.2, 0.25) is 5.91 Å². The van der Waals surface area contributed by atoms with Crippen LogP contribution in [0.3, 0.4) is 0 Å². The largest absolute Gasteiger partial charge is 0.366 e. The minimum atomic E-state index is -0.315. The third-order valence-electron chi connectivity index (χ3n) is 4.91. The second-order valence-corrected chi connectivity index (χ2v) is 8.06. The second-order valence-electron chi connectivity index (χ2n) is 7.25. The summed E-state index contributed by atoms with van der Waals surface area (Å²) < 4.78 is 6.18. The fourth-order valence-electron chi connectivity index (χ4n) is 3.30. The van der Waals surface area contributed by atoms with Crippen LogP contribution in [0.1, 0.15) is 31.2 Å². The van der Waals surface area contributed by atoms with E-state index < -0.39 is 0 Å². The first kappa shape index (κ1) is 21.1. The topological polar surface area (TPSA) is 61.5 Å². The van der Waals surface area contributed by atoms with E-state index in [9.17, 15) is 4.79 Å². The summed E-state index contributed by atoms with van der Waals surface area (Å²) in [6.07, 6.45) is 1.46. The lowest BCUT2D eigenvalue weighted by Gasteiger charge is -2.35. The summed E-state index contributed by atoms with van der Waals surface area (Å²) in [4.78, 5) is 16.4. The van der Waals surface area contributed by atoms with Crippen LogP contribution >= 0.6 is 23.2 Å². The summed E-state index contributed by atoms with van der Waals surface area (Å²) >= 11 is 12.2. The standard InChI is InChI=1S/C20H26Cl2N4O2/c1-14(2)20(27)26-9-7-25(8-10-26)11-12-28-19(18-5-6-23-24-18)15-3-4-16(21)17(22)13-15/h3-6,13-14,19H,7-12H2,1-2H3,(H,23,24). The third-order valence-corrected chi connectivity index (χ3v) is 5.65. The van der Waals surface area contributed by atoms with Crippen molar-refractivity contribution in [2.24, 2.45) is 5.92 Å². The zero-order valence-electron chi connectivity index (χ0n) is 16.2. The average molecular weight is 425 g/mol. The van der Waals surface area contributed by atoms with E-state index >= 15 is 0 Å². The highest BCUT2D eigenvalue weighted by Crippen LogP contribution is 2.30. The van der Waals surface area contributed by atoms with Crippen molar-refractivity contribution in [3.63, 3.8) is 0 Å². The molecule has 0 spiro atoms. The number of piperazine rings is 1. The normalized spacial score (nSPS) is 16.5. The van der Waals surface area contributed by atoms with Gasteiger partial charge in [0.1, 0.15) is 6.10 Å². The molecule has 6 nitrogen and oxygen atoms in total. The van der Waals surface area contributed by atoms with Crippen molar-refractivity contribution in [2.45, 2.75) is 20.0 Å². The molecular weight excluding hydrogens is 399 g/mol. The Morgan fingerprint density at radius 2 is 1.93 bits per heavy atom. The van der Waals surface area contributed by atoms with E-state index in [0.717, 1.165) is 44.0 Å². The van der Waals surface area contributed by atoms with Crippen molar-refractivity contribution in [1.29, 1.82) is 0 Å². The highest BCUT2D eigenvalue weighted by molar-refractivity contribution is 6.42. The van der Waals surface area contributed by atoms with Crippen molar-refractivity contribution in [3.05, 3.63) is 51.8 Å². The SMILES string of the molecule is CC(C)C(=O)N1CCN(CCOC(c2ccc(Cl)c(Cl)c2)c2cc[nH]n2)CC1. The van der Waals surface area contributed by atoms with Gasteiger partial charge in [-0.2, -0.15) is 5.10 Å². The zero-order chi connectivity index (χ0) is 20.1. The summed E-state index contributed by atoms with van der Waals surface area (Å²) in [5.41, 5.74) is 1.71. The monoisotopic (exact) mass is 424 g/mol. The number of ether oxygens (including phenoxy) is 1. The first-order valence-electron chi connectivity index (χ1n) is 9.53. The molecule has 0 radical (unpaired) electrons. The molecule has 0 saturated carbocycles. The van der Waals surface area contributed by atoms with Gasteiger partial charge >= 0.3 is 0 Å². The van der Waals surface area contributed by atoms with E-state index in [1.54, 1.807) is 12.3 Å². The number of benzene rings is 1. The molecular formula is C20H26Cl2N4O2. The molecule has 28 heavy (non-hydrogen) atoms. The van der Waals surface area contributed by atoms with Gasteiger partial charge in [-0.3, -0.25) is 14.8 Å². The number of halogens is 2. The maximum absolute atomic E-state index is 12.1. The lowest BCUT2D eigenvalue weighted by Crippen LogP contribution is -2.50. The quantitative estimate of drug-likeness (QED) is 0.736. The molecule has 2 heterocycles. The summed E-state index contributed by atoms with van der Waals surface area (Å²) in [6, 6.07) is 7.39. The van der Waals surface area contributed by atoms with Crippen LogP contribution in [-0.2, 0) is 9.53 Å². The zero-order valence-corrected chi connectivity index (χ0v) is 17.7. The van der Waals surface area contributed by atoms with Gasteiger partial charge in [0.15, 0.2) is 0 Å². The van der Waals surface area contributed by atoms with Crippen LogP contribution in [0.15, 0.2) is 30.5 Å². The molecule has 1 atom stereocenters. The maximum atomic E-state index is 12.1. The summed E-state index contributed by atoms with van der Waals surface area (Å²) in [5, 5.41) is 8.11. The molecule has 1 amide bonds. The maximum Gasteiger partial charge on any atom is 0.225 e. The number of carbonyl (C=O) groups excluding carboxylic acids is 1. The molecule has 1 aromatic heterocycles. The number of hydrogen-bond acceptors (Lipinski definition) is 4. The number of aromatic amines is 1. The first-order chi connectivity index (χ1) is 13.5. The van der Waals surface area contributed by atoms with Crippen molar-refractivity contribution in [1.82, 2.24) is 20.0 Å². The summed E-state index contributed by atoms with van der Waals surface area (Å²) in [5.74, 6) is 0.282. The predicted molar refractivity (Wildman–Crippen MR) is 111 cm³/mol. The van der Waals surface area contributed by atoms with Crippen LogP contribution in [0.4, 0.5) is 0 Å². The molecule has 152 valence electrons. The van der Waals surface area contributed by atoms with Gasteiger partial charge in [-0.15, -0.1) is 0 Å². The Labute approximate surface area is 175 Å². The third kappa shape index (κ3) is 5.26. The van der Waals surface area contributed by atoms with Crippen LogP contribution < -0.4 is 0 Å². The lowest BCUT2D eigenvalue weighted by molar-refractivity contribution is -0.136. The number of rotatable bonds is 7. The number of aromatic nitrogens is 2. The summed E-state index contributed by atoms with van der Waals surface area (Å²) in [7, 11) is 0. The fourth-order valence-corrected chi connectivity index (χ4v) is 3.61. The van der Waals surface area contributed by atoms with Crippen LogP contribution in [0.5, 0.6) is 0 Å². The fraction of sp³-hybridized carbons (Fsp3) is 0.500. The van der Waals surface area contributed by atoms with Crippen LogP contribution in [0.25, 0.3) is 0 Å². The Kier molecular flexibility index (Phi) is 7.35. The van der Waals surface area contributed by atoms with Gasteiger partial charge in [0, 0.05) is 44.8 Å². The molecule has 1 aliphatic heterocycles. The first-order valence-corrected chi connectivity index (χ1v) is 10.3. The molecule has 0 aliphatic carbocycles. The van der Waals surface area contributed by atoms with Crippen LogP contribution in [0.2, 0.25) is 10.0 Å². The summed E-state index contributed by atoms with van der Waals surface area (Å²) in [6.45, 7) is 8.51. The average Bonchev–Trinajstić information content (AvgIpc) is 3.22. The molecule has 1 unspecified atom stereocenters. The molecule has 1 fully saturated rings. The van der Waals surface area contributed by atoms with Gasteiger partial charge in [0.05, 0.1) is 22.3 Å². The molecule has 2 aromatic rings. The Hall–Kier alpha value is -1.60. The van der Waals surface area contributed by atoms with Gasteiger partial charge in [-0.05, 0) is 23.8 Å². The van der Waals surface area contributed by atoms with Crippen molar-refractivity contribution in [2.75, 3.05) is 39.3 Å². The van der Waals surface area contributed by atoms with E-state index in [0.29, 0.717) is 16.7 Å². The van der Waals surface area contributed by atoms with Gasteiger partial charge in [0.25, 0.3) is 0 Å². The number of H-pyrrole nitrogens is 1. The number of nitrogens with zero attached hydrogens (tertiary/aromatic N) is 3. The molecule has 1 saturated heterocycles. The highest BCUT2D eigenvalue weighted by Gasteiger charge is 2.23. The number of amides is 1. The van der Waals surface area contributed by atoms with Crippen molar-refractivity contribution in [3.8, 4) is 0 Å². The highest BCUT2D eigenvalue weighted by atomic mass is 35.5. The van der Waals surface area contributed by atoms with E-state index in [2.05, 4.69) is 15.1 Å². The Balaban J connectivity index is 1.55. The second kappa shape index (κ2) is 9.74. The smallest absolute Gasteiger partial charge is 0.225 e. The van der Waals surface area contributed by atoms with Crippen molar-refractivity contribution >= 4 is 29.1 Å². The van der Waals surface area contributed by atoms with E-state index in [4.69, 9.17) is 27.9 Å². The minimum Gasteiger partial charge on any atom is -0.366 e. The lowest BCUT2D eigenvalue weighted by atomic mass is 10.1. The minimum absolute atomic E-state index is 0.0516. The van der Waals surface area contributed by atoms with E-state index in [1.807, 2.05) is 36.9 Å². The van der Waals surface area contributed by atoms with Crippen LogP contribution in [-0.4, -0.2) is 65.2 Å². The predicted octanol–water partition coefficient (Wildman–Crippen LogP) is 3.62. The molecule has 8 heteroatoms. The molecule has 1 aliphatic rings. The molecule has 1 N–H and O–H groups in total. The van der Waals surface area contributed by atoms with Crippen LogP contribution in [0, 0.1) is 5.92 Å². The van der Waals surface area contributed by atoms with Gasteiger partial charge in [-0.1, -0.05) is 43.1 Å². The molecule has 1 aromatic carbocycles. The number of carbonyl (C=O) groups is 1. The molecule has 0 bridgehead atoms. The van der Waals surface area contributed by atoms with E-state index in [1.165, 1.54) is 0 Å². The van der Waals surface area contributed by atoms with Gasteiger partial charge in [-0.25, -0.2) is 0 Å². The van der Waals surface area contributed by atoms with Crippen molar-refractivity contribution < 1.29 is 9.53 Å². The molecule has 3 rings (SSSR count). The number of nitrogens with one attached hydrogen (secondary N) is 1. The Morgan fingerprint density at radius 3 is 2.54 bits per heavy atom. The Morgan fingerprint density at radius 1 is 1.18 bits per heavy atom. The Bertz CT molecular complexity index is 775. The van der Waals surface area contributed by atoms with Gasteiger partial charge < -0.3 is 9.64 Å².